The average molecular weight is 215 g/mol. The van der Waals surface area contributed by atoms with Gasteiger partial charge in [0, 0.05) is 16.9 Å². The highest BCUT2D eigenvalue weighted by molar-refractivity contribution is 7.13. The number of rotatable bonds is 2. The fourth-order valence-corrected chi connectivity index (χ4v) is 2.66. The molecule has 1 saturated carbocycles. The van der Waals surface area contributed by atoms with Crippen molar-refractivity contribution in [1.29, 1.82) is 0 Å². The normalized spacial score (nSPS) is 15.5. The minimum atomic E-state index is 0.764. The van der Waals surface area contributed by atoms with Crippen LogP contribution in [-0.2, 0) is 0 Å². The van der Waals surface area contributed by atoms with Gasteiger partial charge in [0.1, 0.15) is 5.01 Å². The molecule has 0 atom stereocenters. The molecule has 1 aliphatic rings. The Hall–Kier alpha value is -1.15. The lowest BCUT2D eigenvalue weighted by Crippen LogP contribution is -1.81. The monoisotopic (exact) mass is 215 g/mol. The van der Waals surface area contributed by atoms with Crippen LogP contribution in [0.3, 0.4) is 0 Å². The third-order valence-corrected chi connectivity index (χ3v) is 3.69. The highest BCUT2D eigenvalue weighted by atomic mass is 32.1. The van der Waals surface area contributed by atoms with Crippen molar-refractivity contribution in [2.24, 2.45) is 0 Å². The van der Waals surface area contributed by atoms with Gasteiger partial charge in [0.2, 0.25) is 0 Å². The first-order valence-corrected chi connectivity index (χ1v) is 6.23. The summed E-state index contributed by atoms with van der Waals surface area (Å²) < 4.78 is 0. The molecule has 3 rings (SSSR count). The van der Waals surface area contributed by atoms with E-state index in [2.05, 4.69) is 36.6 Å². The molecule has 2 heteroatoms. The summed E-state index contributed by atoms with van der Waals surface area (Å²) in [7, 11) is 0. The van der Waals surface area contributed by atoms with E-state index in [1.165, 1.54) is 34.7 Å². The maximum atomic E-state index is 4.70. The Bertz CT molecular complexity index is 483. The Labute approximate surface area is 93.8 Å². The van der Waals surface area contributed by atoms with E-state index in [1.807, 2.05) is 0 Å². The number of nitrogens with zero attached hydrogens (tertiary/aromatic N) is 1. The molecule has 76 valence electrons. The van der Waals surface area contributed by atoms with E-state index >= 15 is 0 Å². The lowest BCUT2D eigenvalue weighted by atomic mass is 10.1. The van der Waals surface area contributed by atoms with Crippen molar-refractivity contribution in [2.75, 3.05) is 0 Å². The van der Waals surface area contributed by atoms with Gasteiger partial charge >= 0.3 is 0 Å². The van der Waals surface area contributed by atoms with E-state index in [0.717, 1.165) is 5.92 Å². The van der Waals surface area contributed by atoms with Crippen LogP contribution in [0.4, 0.5) is 0 Å². The van der Waals surface area contributed by atoms with Gasteiger partial charge in [-0.05, 0) is 25.8 Å². The second kappa shape index (κ2) is 3.46. The fraction of sp³-hybridized carbons (Fsp3) is 0.308. The zero-order valence-corrected chi connectivity index (χ0v) is 9.55. The predicted molar refractivity (Wildman–Crippen MR) is 64.3 cm³/mol. The van der Waals surface area contributed by atoms with Gasteiger partial charge in [0.15, 0.2) is 0 Å². The number of aryl methyl sites for hydroxylation is 1. The SMILES string of the molecule is Cc1cccc(-c2nc(C3CC3)cs2)c1. The quantitative estimate of drug-likeness (QED) is 0.738. The second-order valence-corrected chi connectivity index (χ2v) is 5.08. The molecule has 1 aromatic carbocycles. The highest BCUT2D eigenvalue weighted by Gasteiger charge is 2.26. The number of thiazole rings is 1. The van der Waals surface area contributed by atoms with Crippen LogP contribution < -0.4 is 0 Å². The van der Waals surface area contributed by atoms with Crippen molar-refractivity contribution in [3.63, 3.8) is 0 Å². The maximum absolute atomic E-state index is 4.70. The topological polar surface area (TPSA) is 12.9 Å². The standard InChI is InChI=1S/C13H13NS/c1-9-3-2-4-11(7-9)13-14-12(8-15-13)10-5-6-10/h2-4,7-8,10H,5-6H2,1H3. The molecule has 0 unspecified atom stereocenters. The molecule has 1 aliphatic carbocycles. The Balaban J connectivity index is 1.97. The molecule has 0 saturated heterocycles. The van der Waals surface area contributed by atoms with E-state index in [-0.39, 0.29) is 0 Å². The molecule has 0 aliphatic heterocycles. The van der Waals surface area contributed by atoms with Gasteiger partial charge in [0.05, 0.1) is 5.69 Å². The van der Waals surface area contributed by atoms with E-state index in [1.54, 1.807) is 11.3 Å². The largest absolute Gasteiger partial charge is 0.241 e. The number of aromatic nitrogens is 1. The Morgan fingerprint density at radius 2 is 2.20 bits per heavy atom. The minimum Gasteiger partial charge on any atom is -0.241 e. The van der Waals surface area contributed by atoms with E-state index < -0.39 is 0 Å². The van der Waals surface area contributed by atoms with Crippen LogP contribution >= 0.6 is 11.3 Å². The van der Waals surface area contributed by atoms with Crippen molar-refractivity contribution in [3.05, 3.63) is 40.9 Å². The average Bonchev–Trinajstić information content (AvgIpc) is 2.97. The van der Waals surface area contributed by atoms with Crippen molar-refractivity contribution >= 4 is 11.3 Å². The number of hydrogen-bond donors (Lipinski definition) is 0. The molecule has 15 heavy (non-hydrogen) atoms. The second-order valence-electron chi connectivity index (χ2n) is 4.22. The Morgan fingerprint density at radius 3 is 2.93 bits per heavy atom. The van der Waals surface area contributed by atoms with E-state index in [0.29, 0.717) is 0 Å². The van der Waals surface area contributed by atoms with Crippen molar-refractivity contribution < 1.29 is 0 Å². The molecule has 1 aromatic heterocycles. The molecule has 0 bridgehead atoms. The van der Waals surface area contributed by atoms with Crippen LogP contribution in [0.1, 0.15) is 30.0 Å². The molecule has 0 amide bonds. The van der Waals surface area contributed by atoms with Gasteiger partial charge in [-0.2, -0.15) is 0 Å². The predicted octanol–water partition coefficient (Wildman–Crippen LogP) is 4.00. The minimum absolute atomic E-state index is 0.764. The van der Waals surface area contributed by atoms with Gasteiger partial charge in [-0.15, -0.1) is 11.3 Å². The first kappa shape index (κ1) is 9.10. The molecular weight excluding hydrogens is 202 g/mol. The van der Waals surface area contributed by atoms with Gasteiger partial charge < -0.3 is 0 Å². The summed E-state index contributed by atoms with van der Waals surface area (Å²) in [6.07, 6.45) is 2.66. The summed E-state index contributed by atoms with van der Waals surface area (Å²) in [5.41, 5.74) is 3.86. The Kier molecular flexibility index (Phi) is 2.10. The lowest BCUT2D eigenvalue weighted by molar-refractivity contribution is 1.05. The van der Waals surface area contributed by atoms with Gasteiger partial charge in [-0.1, -0.05) is 23.8 Å². The summed E-state index contributed by atoms with van der Waals surface area (Å²) in [6, 6.07) is 8.57. The maximum Gasteiger partial charge on any atom is 0.123 e. The highest BCUT2D eigenvalue weighted by Crippen LogP contribution is 2.41. The summed E-state index contributed by atoms with van der Waals surface area (Å²) in [5, 5.41) is 3.38. The van der Waals surface area contributed by atoms with E-state index in [9.17, 15) is 0 Å². The molecule has 1 fully saturated rings. The molecule has 2 aromatic rings. The Morgan fingerprint density at radius 1 is 1.33 bits per heavy atom. The van der Waals surface area contributed by atoms with Crippen LogP contribution in [0.2, 0.25) is 0 Å². The lowest BCUT2D eigenvalue weighted by Gasteiger charge is -1.97. The number of benzene rings is 1. The first-order valence-electron chi connectivity index (χ1n) is 5.35. The molecule has 0 spiro atoms. The third-order valence-electron chi connectivity index (χ3n) is 2.78. The van der Waals surface area contributed by atoms with Crippen LogP contribution in [-0.4, -0.2) is 4.98 Å². The van der Waals surface area contributed by atoms with Crippen molar-refractivity contribution in [3.8, 4) is 10.6 Å². The van der Waals surface area contributed by atoms with Gasteiger partial charge in [0.25, 0.3) is 0 Å². The van der Waals surface area contributed by atoms with Crippen LogP contribution in [0.15, 0.2) is 29.6 Å². The number of hydrogen-bond acceptors (Lipinski definition) is 2. The molecule has 1 heterocycles. The van der Waals surface area contributed by atoms with Crippen molar-refractivity contribution in [2.45, 2.75) is 25.7 Å². The summed E-state index contributed by atoms with van der Waals surface area (Å²) in [4.78, 5) is 4.70. The fourth-order valence-electron chi connectivity index (χ4n) is 1.76. The molecule has 1 nitrogen and oxygen atoms in total. The summed E-state index contributed by atoms with van der Waals surface area (Å²) in [6.45, 7) is 2.12. The van der Waals surface area contributed by atoms with Crippen LogP contribution in [0, 0.1) is 6.92 Å². The first-order chi connectivity index (χ1) is 7.33. The van der Waals surface area contributed by atoms with Crippen LogP contribution in [0.25, 0.3) is 10.6 Å². The summed E-state index contributed by atoms with van der Waals surface area (Å²) in [5.74, 6) is 0.764. The zero-order chi connectivity index (χ0) is 10.3. The zero-order valence-electron chi connectivity index (χ0n) is 8.73. The van der Waals surface area contributed by atoms with Gasteiger partial charge in [-0.3, -0.25) is 0 Å². The smallest absolute Gasteiger partial charge is 0.123 e. The third kappa shape index (κ3) is 1.82. The molecule has 0 radical (unpaired) electrons. The van der Waals surface area contributed by atoms with Crippen LogP contribution in [0.5, 0.6) is 0 Å². The molecule has 0 N–H and O–H groups in total. The van der Waals surface area contributed by atoms with E-state index in [4.69, 9.17) is 4.98 Å². The van der Waals surface area contributed by atoms with Crippen molar-refractivity contribution in [1.82, 2.24) is 4.98 Å². The summed E-state index contributed by atoms with van der Waals surface area (Å²) >= 11 is 1.77. The molecular formula is C13H13NS. The van der Waals surface area contributed by atoms with Gasteiger partial charge in [-0.25, -0.2) is 4.98 Å².